The fourth-order valence-corrected chi connectivity index (χ4v) is 2.80. The van der Waals surface area contributed by atoms with E-state index in [1.807, 2.05) is 18.2 Å². The van der Waals surface area contributed by atoms with Gasteiger partial charge in [0, 0.05) is 12.1 Å². The Morgan fingerprint density at radius 2 is 1.83 bits per heavy atom. The molecule has 0 aromatic heterocycles. The molecule has 0 fully saturated rings. The van der Waals surface area contributed by atoms with Crippen LogP contribution in [-0.2, 0) is 4.74 Å². The van der Waals surface area contributed by atoms with Gasteiger partial charge in [0.2, 0.25) is 0 Å². The van der Waals surface area contributed by atoms with E-state index < -0.39 is 0 Å². The third kappa shape index (κ3) is 3.05. The standard InChI is InChI=1S/C15H24ClNO/c1-5-15(6-2,18-4)14(17-7-3)12-10-8-9-11-13(12)16/h8-11,14,17H,5-7H2,1-4H3. The van der Waals surface area contributed by atoms with Crippen molar-refractivity contribution in [3.05, 3.63) is 34.9 Å². The van der Waals surface area contributed by atoms with Crippen molar-refractivity contribution in [2.24, 2.45) is 0 Å². The summed E-state index contributed by atoms with van der Waals surface area (Å²) < 4.78 is 5.84. The fourth-order valence-electron chi connectivity index (χ4n) is 2.56. The summed E-state index contributed by atoms with van der Waals surface area (Å²) in [6.07, 6.45) is 1.89. The summed E-state index contributed by atoms with van der Waals surface area (Å²) in [5.41, 5.74) is 0.910. The van der Waals surface area contributed by atoms with Crippen LogP contribution in [0.3, 0.4) is 0 Å². The summed E-state index contributed by atoms with van der Waals surface area (Å²) in [7, 11) is 1.79. The minimum absolute atomic E-state index is 0.121. The first-order chi connectivity index (χ1) is 8.65. The molecule has 0 aliphatic carbocycles. The first-order valence-electron chi connectivity index (χ1n) is 6.68. The zero-order valence-corrected chi connectivity index (χ0v) is 12.6. The van der Waals surface area contributed by atoms with Crippen LogP contribution in [0.5, 0.6) is 0 Å². The SMILES string of the molecule is CCNC(c1ccccc1Cl)C(CC)(CC)OC. The molecule has 0 aliphatic rings. The third-order valence-corrected chi connectivity index (χ3v) is 4.10. The van der Waals surface area contributed by atoms with Crippen molar-refractivity contribution in [1.29, 1.82) is 0 Å². The fraction of sp³-hybridized carbons (Fsp3) is 0.600. The lowest BCUT2D eigenvalue weighted by Gasteiger charge is -2.39. The zero-order valence-electron chi connectivity index (χ0n) is 11.8. The molecule has 0 saturated heterocycles. The zero-order chi connectivity index (χ0) is 13.6. The minimum Gasteiger partial charge on any atom is -0.376 e. The first-order valence-corrected chi connectivity index (χ1v) is 7.05. The second kappa shape index (κ2) is 7.13. The van der Waals surface area contributed by atoms with Gasteiger partial charge in [0.05, 0.1) is 11.6 Å². The number of halogens is 1. The summed E-state index contributed by atoms with van der Waals surface area (Å²) in [5.74, 6) is 0. The van der Waals surface area contributed by atoms with Crippen LogP contribution in [0.15, 0.2) is 24.3 Å². The first kappa shape index (κ1) is 15.5. The van der Waals surface area contributed by atoms with E-state index in [-0.39, 0.29) is 11.6 Å². The molecule has 2 nitrogen and oxygen atoms in total. The average Bonchev–Trinajstić information content (AvgIpc) is 2.41. The quantitative estimate of drug-likeness (QED) is 0.801. The lowest BCUT2D eigenvalue weighted by molar-refractivity contribution is -0.0482. The molecular formula is C15H24ClNO. The van der Waals surface area contributed by atoms with E-state index in [0.717, 1.165) is 30.0 Å². The molecule has 3 heteroatoms. The normalized spacial score (nSPS) is 13.6. The summed E-state index contributed by atoms with van der Waals surface area (Å²) in [5, 5.41) is 4.32. The van der Waals surface area contributed by atoms with E-state index in [9.17, 15) is 0 Å². The Morgan fingerprint density at radius 1 is 1.22 bits per heavy atom. The van der Waals surface area contributed by atoms with Crippen molar-refractivity contribution < 1.29 is 4.74 Å². The predicted octanol–water partition coefficient (Wildman–Crippen LogP) is 4.20. The number of hydrogen-bond donors (Lipinski definition) is 1. The van der Waals surface area contributed by atoms with Gasteiger partial charge in [-0.3, -0.25) is 0 Å². The number of hydrogen-bond acceptors (Lipinski definition) is 2. The van der Waals surface area contributed by atoms with Gasteiger partial charge in [0.1, 0.15) is 0 Å². The van der Waals surface area contributed by atoms with Gasteiger partial charge in [-0.05, 0) is 31.0 Å². The summed E-state index contributed by atoms with van der Waals surface area (Å²) in [6, 6.07) is 8.12. The maximum absolute atomic E-state index is 6.34. The number of rotatable bonds is 7. The Bertz CT molecular complexity index is 355. The van der Waals surface area contributed by atoms with Crippen LogP contribution in [0.25, 0.3) is 0 Å². The van der Waals surface area contributed by atoms with Gasteiger partial charge >= 0.3 is 0 Å². The van der Waals surface area contributed by atoms with Crippen LogP contribution in [0.2, 0.25) is 5.02 Å². The van der Waals surface area contributed by atoms with Gasteiger partial charge in [0.25, 0.3) is 0 Å². The smallest absolute Gasteiger partial charge is 0.0867 e. The molecule has 0 saturated carbocycles. The van der Waals surface area contributed by atoms with Gasteiger partial charge in [-0.25, -0.2) is 0 Å². The molecule has 1 atom stereocenters. The molecule has 1 aromatic rings. The highest BCUT2D eigenvalue weighted by atomic mass is 35.5. The van der Waals surface area contributed by atoms with Crippen molar-refractivity contribution in [2.45, 2.75) is 45.3 Å². The van der Waals surface area contributed by atoms with Crippen LogP contribution in [0.4, 0.5) is 0 Å². The van der Waals surface area contributed by atoms with E-state index in [1.54, 1.807) is 7.11 Å². The molecule has 0 spiro atoms. The molecular weight excluding hydrogens is 246 g/mol. The Kier molecular flexibility index (Phi) is 6.13. The maximum Gasteiger partial charge on any atom is 0.0867 e. The molecule has 0 bridgehead atoms. The molecule has 1 N–H and O–H groups in total. The maximum atomic E-state index is 6.34. The second-order valence-electron chi connectivity index (χ2n) is 4.49. The number of benzene rings is 1. The summed E-state index contributed by atoms with van der Waals surface area (Å²) in [4.78, 5) is 0. The minimum atomic E-state index is -0.207. The van der Waals surface area contributed by atoms with Crippen LogP contribution < -0.4 is 5.32 Å². The van der Waals surface area contributed by atoms with Gasteiger partial charge < -0.3 is 10.1 Å². The van der Waals surface area contributed by atoms with Crippen LogP contribution in [0, 0.1) is 0 Å². The lowest BCUT2D eigenvalue weighted by Crippen LogP contribution is -2.45. The predicted molar refractivity (Wildman–Crippen MR) is 78.2 cm³/mol. The highest BCUT2D eigenvalue weighted by Crippen LogP contribution is 2.37. The van der Waals surface area contributed by atoms with E-state index in [0.29, 0.717) is 0 Å². The van der Waals surface area contributed by atoms with Crippen molar-refractivity contribution in [2.75, 3.05) is 13.7 Å². The monoisotopic (exact) mass is 269 g/mol. The van der Waals surface area contributed by atoms with Crippen LogP contribution >= 0.6 is 11.6 Å². The number of likely N-dealkylation sites (N-methyl/N-ethyl adjacent to an activating group) is 1. The van der Waals surface area contributed by atoms with E-state index in [2.05, 4.69) is 32.2 Å². The Balaban J connectivity index is 3.20. The Morgan fingerprint density at radius 3 is 2.28 bits per heavy atom. The van der Waals surface area contributed by atoms with Crippen molar-refractivity contribution >= 4 is 11.6 Å². The Hall–Kier alpha value is -0.570. The van der Waals surface area contributed by atoms with Gasteiger partial charge in [-0.1, -0.05) is 50.6 Å². The second-order valence-corrected chi connectivity index (χ2v) is 4.90. The number of ether oxygens (including phenoxy) is 1. The molecule has 1 unspecified atom stereocenters. The third-order valence-electron chi connectivity index (χ3n) is 3.75. The molecule has 1 rings (SSSR count). The largest absolute Gasteiger partial charge is 0.376 e. The topological polar surface area (TPSA) is 21.3 Å². The molecule has 1 aromatic carbocycles. The number of methoxy groups -OCH3 is 1. The molecule has 0 aliphatic heterocycles. The van der Waals surface area contributed by atoms with Crippen LogP contribution in [0.1, 0.15) is 45.2 Å². The summed E-state index contributed by atoms with van der Waals surface area (Å²) >= 11 is 6.34. The van der Waals surface area contributed by atoms with E-state index >= 15 is 0 Å². The average molecular weight is 270 g/mol. The molecule has 0 heterocycles. The van der Waals surface area contributed by atoms with Crippen molar-refractivity contribution in [1.82, 2.24) is 5.32 Å². The lowest BCUT2D eigenvalue weighted by atomic mass is 9.83. The van der Waals surface area contributed by atoms with Crippen molar-refractivity contribution in [3.8, 4) is 0 Å². The van der Waals surface area contributed by atoms with E-state index in [4.69, 9.17) is 16.3 Å². The molecule has 18 heavy (non-hydrogen) atoms. The molecule has 0 amide bonds. The highest BCUT2D eigenvalue weighted by molar-refractivity contribution is 6.31. The summed E-state index contributed by atoms with van der Waals surface area (Å²) in [6.45, 7) is 7.32. The van der Waals surface area contributed by atoms with Crippen molar-refractivity contribution in [3.63, 3.8) is 0 Å². The highest BCUT2D eigenvalue weighted by Gasteiger charge is 2.37. The number of nitrogens with one attached hydrogen (secondary N) is 1. The molecule has 102 valence electrons. The van der Waals surface area contributed by atoms with Gasteiger partial charge in [0.15, 0.2) is 0 Å². The Labute approximate surface area is 116 Å². The molecule has 0 radical (unpaired) electrons. The van der Waals surface area contributed by atoms with Crippen LogP contribution in [-0.4, -0.2) is 19.3 Å². The van der Waals surface area contributed by atoms with Gasteiger partial charge in [-0.2, -0.15) is 0 Å². The van der Waals surface area contributed by atoms with Gasteiger partial charge in [-0.15, -0.1) is 0 Å². The van der Waals surface area contributed by atoms with E-state index in [1.165, 1.54) is 0 Å².